The van der Waals surface area contributed by atoms with Crippen LogP contribution in [-0.4, -0.2) is 34.9 Å². The number of nitrogens with one attached hydrogen (secondary N) is 2. The Morgan fingerprint density at radius 2 is 1.85 bits per heavy atom. The second-order valence-corrected chi connectivity index (χ2v) is 7.11. The summed E-state index contributed by atoms with van der Waals surface area (Å²) in [6.07, 6.45) is 1.84. The van der Waals surface area contributed by atoms with Gasteiger partial charge in [0.15, 0.2) is 5.11 Å². The molecule has 2 N–H and O–H groups in total. The number of thiophene rings is 1. The molecule has 0 saturated heterocycles. The summed E-state index contributed by atoms with van der Waals surface area (Å²) >= 11 is 6.54. The number of hydrogen-bond acceptors (Lipinski definition) is 4. The van der Waals surface area contributed by atoms with E-state index < -0.39 is 0 Å². The Morgan fingerprint density at radius 3 is 2.46 bits per heavy atom. The van der Waals surface area contributed by atoms with Crippen LogP contribution in [0, 0.1) is 0 Å². The van der Waals surface area contributed by atoms with Gasteiger partial charge < -0.3 is 10.2 Å². The van der Waals surface area contributed by atoms with Crippen molar-refractivity contribution in [3.05, 3.63) is 52.2 Å². The molecule has 0 bridgehead atoms. The molecule has 0 unspecified atom stereocenters. The molecule has 5 nitrogen and oxygen atoms in total. The lowest BCUT2D eigenvalue weighted by molar-refractivity contribution is 0.0755. The third-order valence-electron chi connectivity index (χ3n) is 3.61. The summed E-state index contributed by atoms with van der Waals surface area (Å²) in [5.41, 5.74) is 1.27. The molecule has 0 fully saturated rings. The van der Waals surface area contributed by atoms with Gasteiger partial charge in [0.2, 0.25) is 0 Å². The van der Waals surface area contributed by atoms with E-state index in [1.54, 1.807) is 24.3 Å². The maximum Gasteiger partial charge on any atom is 0.267 e. The van der Waals surface area contributed by atoms with Crippen molar-refractivity contribution < 1.29 is 9.59 Å². The van der Waals surface area contributed by atoms with Crippen molar-refractivity contribution in [3.8, 4) is 0 Å². The van der Waals surface area contributed by atoms with Gasteiger partial charge in [0.25, 0.3) is 11.8 Å². The Labute approximate surface area is 163 Å². The first kappa shape index (κ1) is 20.1. The normalized spacial score (nSPS) is 10.2. The van der Waals surface area contributed by atoms with Gasteiger partial charge >= 0.3 is 0 Å². The average molecular weight is 390 g/mol. The summed E-state index contributed by atoms with van der Waals surface area (Å²) in [6.45, 7) is 5.59. The van der Waals surface area contributed by atoms with Crippen LogP contribution in [-0.2, 0) is 0 Å². The van der Waals surface area contributed by atoms with E-state index in [1.165, 1.54) is 11.3 Å². The maximum atomic E-state index is 12.7. The Kier molecular flexibility index (Phi) is 7.74. The summed E-state index contributed by atoms with van der Waals surface area (Å²) in [5.74, 6) is -0.243. The molecule has 1 aromatic carbocycles. The fraction of sp³-hybridized carbons (Fsp3) is 0.316. The lowest BCUT2D eigenvalue weighted by Gasteiger charge is -2.21. The first-order valence-electron chi connectivity index (χ1n) is 8.60. The molecule has 0 aliphatic rings. The number of amides is 2. The number of thiocarbonyl (C=S) groups is 1. The molecule has 0 radical (unpaired) electrons. The molecule has 0 saturated carbocycles. The third kappa shape index (κ3) is 5.64. The van der Waals surface area contributed by atoms with Gasteiger partial charge in [-0.15, -0.1) is 11.3 Å². The molecule has 0 spiro atoms. The van der Waals surface area contributed by atoms with Gasteiger partial charge in [-0.2, -0.15) is 0 Å². The zero-order valence-electron chi connectivity index (χ0n) is 15.0. The second-order valence-electron chi connectivity index (χ2n) is 5.76. The smallest absolute Gasteiger partial charge is 0.267 e. The summed E-state index contributed by atoms with van der Waals surface area (Å²) in [5, 5.41) is 7.64. The average Bonchev–Trinajstić information content (AvgIpc) is 3.16. The van der Waals surface area contributed by atoms with E-state index in [0.717, 1.165) is 25.9 Å². The topological polar surface area (TPSA) is 61.4 Å². The monoisotopic (exact) mass is 389 g/mol. The van der Waals surface area contributed by atoms with Gasteiger partial charge in [0, 0.05) is 24.3 Å². The second kappa shape index (κ2) is 10.0. The lowest BCUT2D eigenvalue weighted by atomic mass is 10.1. The Bertz CT molecular complexity index is 754. The van der Waals surface area contributed by atoms with Gasteiger partial charge in [-0.05, 0) is 54.7 Å². The standard InChI is InChI=1S/C19H23N3O2S2/c1-3-10-22(11-4-2)18(24)14-7-5-8-15(13-14)20-19(25)21-17(23)16-9-6-12-26-16/h5-9,12-13H,3-4,10-11H2,1-2H3,(H2,20,21,23,25). The van der Waals surface area contributed by atoms with E-state index in [2.05, 4.69) is 24.5 Å². The zero-order valence-corrected chi connectivity index (χ0v) is 16.6. The van der Waals surface area contributed by atoms with E-state index in [9.17, 15) is 9.59 Å². The molecular formula is C19H23N3O2S2. The van der Waals surface area contributed by atoms with E-state index in [-0.39, 0.29) is 16.9 Å². The minimum Gasteiger partial charge on any atom is -0.339 e. The van der Waals surface area contributed by atoms with Gasteiger partial charge in [0.05, 0.1) is 4.88 Å². The third-order valence-corrected chi connectivity index (χ3v) is 4.69. The highest BCUT2D eigenvalue weighted by molar-refractivity contribution is 7.80. The minimum atomic E-state index is -0.248. The van der Waals surface area contributed by atoms with Crippen LogP contribution in [0.2, 0.25) is 0 Å². The first-order valence-corrected chi connectivity index (χ1v) is 9.89. The summed E-state index contributed by atoms with van der Waals surface area (Å²) in [7, 11) is 0. The SMILES string of the molecule is CCCN(CCC)C(=O)c1cccc(NC(=S)NC(=O)c2cccs2)c1. The number of rotatable bonds is 7. The molecule has 1 aromatic heterocycles. The highest BCUT2D eigenvalue weighted by Crippen LogP contribution is 2.14. The van der Waals surface area contributed by atoms with Crippen molar-refractivity contribution in [2.75, 3.05) is 18.4 Å². The fourth-order valence-corrected chi connectivity index (χ4v) is 3.33. The first-order chi connectivity index (χ1) is 12.5. The van der Waals surface area contributed by atoms with Crippen molar-refractivity contribution in [1.29, 1.82) is 0 Å². The minimum absolute atomic E-state index is 0.00545. The molecule has 0 aliphatic carbocycles. The summed E-state index contributed by atoms with van der Waals surface area (Å²) < 4.78 is 0. The fourth-order valence-electron chi connectivity index (χ4n) is 2.50. The molecule has 7 heteroatoms. The molecule has 2 amide bonds. The van der Waals surface area contributed by atoms with E-state index in [0.29, 0.717) is 16.1 Å². The number of anilines is 1. The summed E-state index contributed by atoms with van der Waals surface area (Å²) in [4.78, 5) is 27.2. The van der Waals surface area contributed by atoms with Gasteiger partial charge in [-0.1, -0.05) is 26.0 Å². The predicted molar refractivity (Wildman–Crippen MR) is 111 cm³/mol. The Morgan fingerprint density at radius 1 is 1.12 bits per heavy atom. The molecule has 0 aliphatic heterocycles. The highest BCUT2D eigenvalue weighted by atomic mass is 32.1. The molecule has 2 aromatic rings. The number of hydrogen-bond donors (Lipinski definition) is 2. The van der Waals surface area contributed by atoms with Crippen molar-refractivity contribution in [1.82, 2.24) is 10.2 Å². The molecular weight excluding hydrogens is 366 g/mol. The van der Waals surface area contributed by atoms with Crippen LogP contribution in [0.4, 0.5) is 5.69 Å². The van der Waals surface area contributed by atoms with Crippen molar-refractivity contribution in [2.24, 2.45) is 0 Å². The predicted octanol–water partition coefficient (Wildman–Crippen LogP) is 4.14. The number of carbonyl (C=O) groups is 2. The van der Waals surface area contributed by atoms with Crippen LogP contribution in [0.25, 0.3) is 0 Å². The van der Waals surface area contributed by atoms with Gasteiger partial charge in [0.1, 0.15) is 0 Å². The molecule has 138 valence electrons. The Hall–Kier alpha value is -2.25. The van der Waals surface area contributed by atoms with E-state index in [4.69, 9.17) is 12.2 Å². The summed E-state index contributed by atoms with van der Waals surface area (Å²) in [6, 6.07) is 10.7. The lowest BCUT2D eigenvalue weighted by Crippen LogP contribution is -2.34. The molecule has 0 atom stereocenters. The van der Waals surface area contributed by atoms with Crippen LogP contribution in [0.15, 0.2) is 41.8 Å². The Balaban J connectivity index is 2.02. The largest absolute Gasteiger partial charge is 0.339 e. The van der Waals surface area contributed by atoms with E-state index in [1.807, 2.05) is 22.4 Å². The highest BCUT2D eigenvalue weighted by Gasteiger charge is 2.15. The van der Waals surface area contributed by atoms with Crippen LogP contribution in [0.1, 0.15) is 46.7 Å². The quantitative estimate of drug-likeness (QED) is 0.699. The van der Waals surface area contributed by atoms with E-state index >= 15 is 0 Å². The van der Waals surface area contributed by atoms with Crippen molar-refractivity contribution in [3.63, 3.8) is 0 Å². The number of nitrogens with zero attached hydrogens (tertiary/aromatic N) is 1. The van der Waals surface area contributed by atoms with Crippen LogP contribution in [0.3, 0.4) is 0 Å². The van der Waals surface area contributed by atoms with Crippen LogP contribution >= 0.6 is 23.6 Å². The van der Waals surface area contributed by atoms with Crippen molar-refractivity contribution in [2.45, 2.75) is 26.7 Å². The zero-order chi connectivity index (χ0) is 18.9. The van der Waals surface area contributed by atoms with Gasteiger partial charge in [-0.3, -0.25) is 14.9 Å². The number of benzene rings is 1. The molecule has 2 rings (SSSR count). The van der Waals surface area contributed by atoms with Crippen LogP contribution < -0.4 is 10.6 Å². The van der Waals surface area contributed by atoms with Crippen LogP contribution in [0.5, 0.6) is 0 Å². The number of carbonyl (C=O) groups excluding carboxylic acids is 2. The maximum absolute atomic E-state index is 12.7. The van der Waals surface area contributed by atoms with Crippen molar-refractivity contribution >= 4 is 46.2 Å². The molecule has 1 heterocycles. The van der Waals surface area contributed by atoms with Gasteiger partial charge in [-0.25, -0.2) is 0 Å². The molecule has 26 heavy (non-hydrogen) atoms.